The molecule has 7 aromatic carbocycles. The van der Waals surface area contributed by atoms with E-state index in [1.165, 1.54) is 77.2 Å². The van der Waals surface area contributed by atoms with Crippen molar-refractivity contribution in [3.05, 3.63) is 155 Å². The van der Waals surface area contributed by atoms with Gasteiger partial charge in [-0.3, -0.25) is 0 Å². The van der Waals surface area contributed by atoms with E-state index in [0.717, 1.165) is 4.47 Å². The summed E-state index contributed by atoms with van der Waals surface area (Å²) in [5.41, 5.74) is 13.0. The molecule has 42 heavy (non-hydrogen) atoms. The van der Waals surface area contributed by atoms with Gasteiger partial charge in [0.2, 0.25) is 0 Å². The van der Waals surface area contributed by atoms with E-state index in [9.17, 15) is 0 Å². The summed E-state index contributed by atoms with van der Waals surface area (Å²) in [7, 11) is 0. The number of halogens is 1. The summed E-state index contributed by atoms with van der Waals surface area (Å²) >= 11 is 3.70. The topological polar surface area (TPSA) is 0 Å². The molecule has 0 bridgehead atoms. The molecule has 0 heterocycles. The highest BCUT2D eigenvalue weighted by Gasteiger charge is 2.35. The first kappa shape index (κ1) is 25.3. The van der Waals surface area contributed by atoms with Gasteiger partial charge in [-0.2, -0.15) is 0 Å². The number of hydrogen-bond donors (Lipinski definition) is 0. The van der Waals surface area contributed by atoms with Crippen LogP contribution in [0.2, 0.25) is 0 Å². The highest BCUT2D eigenvalue weighted by molar-refractivity contribution is 9.10. The largest absolute Gasteiger partial charge is 0.0622 e. The molecule has 0 aromatic heterocycles. The normalized spacial score (nSPS) is 13.3. The predicted molar refractivity (Wildman–Crippen MR) is 183 cm³/mol. The minimum absolute atomic E-state index is 0.0623. The first-order valence-electron chi connectivity index (χ1n) is 14.6. The molecule has 0 atom stereocenters. The van der Waals surface area contributed by atoms with Crippen LogP contribution in [0.1, 0.15) is 25.0 Å². The first-order chi connectivity index (χ1) is 20.5. The van der Waals surface area contributed by atoms with Gasteiger partial charge in [0.1, 0.15) is 0 Å². The Kier molecular flexibility index (Phi) is 5.74. The Hall–Kier alpha value is -4.46. The van der Waals surface area contributed by atoms with Gasteiger partial charge in [-0.25, -0.2) is 0 Å². The van der Waals surface area contributed by atoms with E-state index in [1.54, 1.807) is 0 Å². The first-order valence-corrected chi connectivity index (χ1v) is 15.3. The average Bonchev–Trinajstić information content (AvgIpc) is 3.25. The third-order valence-corrected chi connectivity index (χ3v) is 9.61. The van der Waals surface area contributed by atoms with Crippen molar-refractivity contribution < 1.29 is 0 Å². The average molecular weight is 602 g/mol. The van der Waals surface area contributed by atoms with E-state index < -0.39 is 0 Å². The van der Waals surface area contributed by atoms with Crippen molar-refractivity contribution in [2.75, 3.05) is 0 Å². The summed E-state index contributed by atoms with van der Waals surface area (Å²) < 4.78 is 1.13. The molecule has 200 valence electrons. The zero-order valence-corrected chi connectivity index (χ0v) is 25.2. The van der Waals surface area contributed by atoms with Gasteiger partial charge in [0, 0.05) is 9.89 Å². The maximum Gasteiger partial charge on any atom is 0.0178 e. The minimum atomic E-state index is -0.0623. The van der Waals surface area contributed by atoms with Crippen molar-refractivity contribution in [2.24, 2.45) is 0 Å². The monoisotopic (exact) mass is 600 g/mol. The van der Waals surface area contributed by atoms with E-state index in [0.29, 0.717) is 0 Å². The van der Waals surface area contributed by atoms with E-state index in [2.05, 4.69) is 169 Å². The molecule has 0 spiro atoms. The van der Waals surface area contributed by atoms with Gasteiger partial charge in [-0.1, -0.05) is 145 Å². The van der Waals surface area contributed by atoms with Crippen LogP contribution in [0.25, 0.3) is 66.1 Å². The van der Waals surface area contributed by atoms with Crippen LogP contribution in [0.15, 0.2) is 144 Å². The number of fused-ring (bicyclic) bond motifs is 5. The van der Waals surface area contributed by atoms with E-state index in [4.69, 9.17) is 0 Å². The second kappa shape index (κ2) is 9.54. The Morgan fingerprint density at radius 2 is 0.881 bits per heavy atom. The summed E-state index contributed by atoms with van der Waals surface area (Å²) in [6.07, 6.45) is 0. The van der Waals surface area contributed by atoms with Gasteiger partial charge in [0.15, 0.2) is 0 Å². The van der Waals surface area contributed by atoms with Crippen LogP contribution in [0.5, 0.6) is 0 Å². The van der Waals surface area contributed by atoms with Crippen LogP contribution < -0.4 is 0 Å². The van der Waals surface area contributed by atoms with Crippen molar-refractivity contribution in [1.29, 1.82) is 0 Å². The van der Waals surface area contributed by atoms with Crippen molar-refractivity contribution in [3.8, 4) is 44.5 Å². The second-order valence-corrected chi connectivity index (χ2v) is 12.8. The third-order valence-electron chi connectivity index (χ3n) is 9.12. The lowest BCUT2D eigenvalue weighted by Crippen LogP contribution is -2.15. The second-order valence-electron chi connectivity index (χ2n) is 11.9. The fourth-order valence-electron chi connectivity index (χ4n) is 7.08. The van der Waals surface area contributed by atoms with Gasteiger partial charge in [-0.15, -0.1) is 0 Å². The SMILES string of the molecule is CC1(C)c2cc(Br)ccc2-c2ccc(-c3ccc4c(-c5ccccc5)c5ccccc5c(-c5ccccc5)c4c3)cc21. The van der Waals surface area contributed by atoms with Crippen molar-refractivity contribution >= 4 is 37.5 Å². The van der Waals surface area contributed by atoms with Crippen LogP contribution in [0.3, 0.4) is 0 Å². The molecule has 1 heteroatoms. The Labute approximate surface area is 255 Å². The molecule has 0 nitrogen and oxygen atoms in total. The van der Waals surface area contributed by atoms with Crippen LogP contribution in [0.4, 0.5) is 0 Å². The van der Waals surface area contributed by atoms with Crippen LogP contribution in [0, 0.1) is 0 Å². The molecule has 0 unspecified atom stereocenters. The quantitative estimate of drug-likeness (QED) is 0.177. The van der Waals surface area contributed by atoms with Gasteiger partial charge >= 0.3 is 0 Å². The molecular formula is C41H29Br. The number of benzene rings is 7. The van der Waals surface area contributed by atoms with Crippen molar-refractivity contribution in [2.45, 2.75) is 19.3 Å². The van der Waals surface area contributed by atoms with Crippen molar-refractivity contribution in [1.82, 2.24) is 0 Å². The highest BCUT2D eigenvalue weighted by Crippen LogP contribution is 2.51. The summed E-state index contributed by atoms with van der Waals surface area (Å²) in [6.45, 7) is 4.69. The fraction of sp³-hybridized carbons (Fsp3) is 0.0732. The van der Waals surface area contributed by atoms with Gasteiger partial charge in [0.05, 0.1) is 0 Å². The van der Waals surface area contributed by atoms with Gasteiger partial charge < -0.3 is 0 Å². The predicted octanol–water partition coefficient (Wildman–Crippen LogP) is 12.1. The minimum Gasteiger partial charge on any atom is -0.0622 e. The molecule has 0 fully saturated rings. The lowest BCUT2D eigenvalue weighted by Gasteiger charge is -2.22. The molecular weight excluding hydrogens is 572 g/mol. The summed E-state index contributed by atoms with van der Waals surface area (Å²) in [6, 6.07) is 51.4. The molecule has 0 N–H and O–H groups in total. The Morgan fingerprint density at radius 1 is 0.405 bits per heavy atom. The fourth-order valence-corrected chi connectivity index (χ4v) is 7.44. The van der Waals surface area contributed by atoms with Crippen LogP contribution in [-0.4, -0.2) is 0 Å². The molecule has 0 amide bonds. The van der Waals surface area contributed by atoms with Crippen molar-refractivity contribution in [3.63, 3.8) is 0 Å². The lowest BCUT2D eigenvalue weighted by atomic mass is 9.81. The van der Waals surface area contributed by atoms with Crippen LogP contribution >= 0.6 is 15.9 Å². The molecule has 0 saturated heterocycles. The standard InChI is InChI=1S/C41H29Br/c1-41(2)37-24-29(17-20-31(37)32-22-19-30(42)25-38(32)41)28-18-21-35-36(23-28)40(27-13-7-4-8-14-27)34-16-10-9-15-33(34)39(35)26-11-5-3-6-12-26/h3-25H,1-2H3. The molecule has 0 saturated carbocycles. The van der Waals surface area contributed by atoms with E-state index >= 15 is 0 Å². The zero-order chi connectivity index (χ0) is 28.4. The molecule has 1 aliphatic rings. The Morgan fingerprint density at radius 3 is 1.52 bits per heavy atom. The number of hydrogen-bond acceptors (Lipinski definition) is 0. The van der Waals surface area contributed by atoms with Gasteiger partial charge in [0.25, 0.3) is 0 Å². The van der Waals surface area contributed by atoms with Gasteiger partial charge in [-0.05, 0) is 101 Å². The summed E-state index contributed by atoms with van der Waals surface area (Å²) in [5.74, 6) is 0. The maximum absolute atomic E-state index is 3.70. The summed E-state index contributed by atoms with van der Waals surface area (Å²) in [4.78, 5) is 0. The highest BCUT2D eigenvalue weighted by atomic mass is 79.9. The smallest absolute Gasteiger partial charge is 0.0178 e. The van der Waals surface area contributed by atoms with Crippen LogP contribution in [-0.2, 0) is 5.41 Å². The molecule has 8 rings (SSSR count). The molecule has 1 aliphatic carbocycles. The number of rotatable bonds is 3. The molecule has 7 aromatic rings. The zero-order valence-electron chi connectivity index (χ0n) is 23.7. The molecule has 0 aliphatic heterocycles. The Balaban J connectivity index is 1.41. The summed E-state index contributed by atoms with van der Waals surface area (Å²) in [5, 5.41) is 5.12. The third kappa shape index (κ3) is 3.81. The van der Waals surface area contributed by atoms with E-state index in [1.807, 2.05) is 0 Å². The Bertz CT molecular complexity index is 2150. The molecule has 0 radical (unpaired) electrons. The lowest BCUT2D eigenvalue weighted by molar-refractivity contribution is 0.660. The van der Waals surface area contributed by atoms with E-state index in [-0.39, 0.29) is 5.41 Å². The maximum atomic E-state index is 3.70.